The van der Waals surface area contributed by atoms with E-state index in [1.54, 1.807) is 11.8 Å². The number of thioether (sulfide) groups is 1. The molecule has 0 unspecified atom stereocenters. The van der Waals surface area contributed by atoms with Crippen LogP contribution in [0.2, 0.25) is 0 Å². The van der Waals surface area contributed by atoms with E-state index >= 15 is 0 Å². The van der Waals surface area contributed by atoms with Gasteiger partial charge in [-0.1, -0.05) is 0 Å². The van der Waals surface area contributed by atoms with Crippen LogP contribution in [-0.2, 0) is 0 Å². The van der Waals surface area contributed by atoms with E-state index < -0.39 is 34.5 Å². The van der Waals surface area contributed by atoms with E-state index in [1.807, 2.05) is 0 Å². The summed E-state index contributed by atoms with van der Waals surface area (Å²) in [6.07, 6.45) is 1.05. The van der Waals surface area contributed by atoms with Gasteiger partial charge in [0.25, 0.3) is 5.91 Å². The van der Waals surface area contributed by atoms with Gasteiger partial charge in [-0.3, -0.25) is 4.79 Å². The van der Waals surface area contributed by atoms with Gasteiger partial charge in [0.1, 0.15) is 0 Å². The number of amides is 1. The molecule has 1 amide bonds. The fourth-order valence-corrected chi connectivity index (χ4v) is 3.22. The molecule has 2 N–H and O–H groups in total. The van der Waals surface area contributed by atoms with Crippen molar-refractivity contribution < 1.29 is 23.1 Å². The molecule has 0 radical (unpaired) electrons. The highest BCUT2D eigenvalue weighted by molar-refractivity contribution is 7.99. The van der Waals surface area contributed by atoms with Crippen LogP contribution in [0.3, 0.4) is 0 Å². The number of nitrogens with one attached hydrogen (secondary N) is 1. The first-order valence-corrected chi connectivity index (χ1v) is 7.30. The molecular formula is C13H14F3NO2S. The average molecular weight is 305 g/mol. The molecule has 1 saturated heterocycles. The molecule has 1 heterocycles. The monoisotopic (exact) mass is 305 g/mol. The maximum atomic E-state index is 13.4. The molecule has 1 aromatic rings. The molecule has 0 atom stereocenters. The maximum Gasteiger partial charge on any atom is 0.254 e. The van der Waals surface area contributed by atoms with Crippen LogP contribution in [0, 0.1) is 17.5 Å². The SMILES string of the molecule is O=C(NCC1(O)CCSCC1)c1ccc(F)c(F)c1F. The molecule has 1 aliphatic heterocycles. The zero-order valence-electron chi connectivity index (χ0n) is 10.6. The van der Waals surface area contributed by atoms with Gasteiger partial charge in [0, 0.05) is 6.54 Å². The van der Waals surface area contributed by atoms with Gasteiger partial charge in [-0.25, -0.2) is 13.2 Å². The van der Waals surface area contributed by atoms with Gasteiger partial charge < -0.3 is 10.4 Å². The number of hydrogen-bond acceptors (Lipinski definition) is 3. The Morgan fingerprint density at radius 2 is 1.90 bits per heavy atom. The minimum absolute atomic E-state index is 0.0369. The van der Waals surface area contributed by atoms with E-state index in [0.29, 0.717) is 18.9 Å². The van der Waals surface area contributed by atoms with E-state index in [0.717, 1.165) is 17.6 Å². The Morgan fingerprint density at radius 3 is 2.55 bits per heavy atom. The molecule has 0 bridgehead atoms. The standard InChI is InChI=1S/C13H14F3NO2S/c14-9-2-1-8(10(15)11(9)16)12(18)17-7-13(19)3-5-20-6-4-13/h1-2,19H,3-7H2,(H,17,18). The van der Waals surface area contributed by atoms with Gasteiger partial charge in [-0.15, -0.1) is 0 Å². The van der Waals surface area contributed by atoms with Crippen LogP contribution in [0.15, 0.2) is 12.1 Å². The van der Waals surface area contributed by atoms with Crippen molar-refractivity contribution in [3.8, 4) is 0 Å². The fourth-order valence-electron chi connectivity index (χ4n) is 1.97. The van der Waals surface area contributed by atoms with E-state index in [9.17, 15) is 23.1 Å². The number of carbonyl (C=O) groups is 1. The topological polar surface area (TPSA) is 49.3 Å². The predicted octanol–water partition coefficient (Wildman–Crippen LogP) is 2.09. The number of hydrogen-bond donors (Lipinski definition) is 2. The van der Waals surface area contributed by atoms with Crippen molar-refractivity contribution in [1.82, 2.24) is 5.32 Å². The van der Waals surface area contributed by atoms with Crippen molar-refractivity contribution in [3.05, 3.63) is 35.1 Å². The second-order valence-electron chi connectivity index (χ2n) is 4.74. The Bertz CT molecular complexity index is 519. The molecule has 0 spiro atoms. The van der Waals surface area contributed by atoms with Crippen molar-refractivity contribution >= 4 is 17.7 Å². The minimum atomic E-state index is -1.68. The second kappa shape index (κ2) is 6.05. The average Bonchev–Trinajstić information content (AvgIpc) is 2.43. The Kier molecular flexibility index (Phi) is 4.59. The summed E-state index contributed by atoms with van der Waals surface area (Å²) in [5, 5.41) is 12.5. The lowest BCUT2D eigenvalue weighted by Gasteiger charge is -2.31. The van der Waals surface area contributed by atoms with E-state index in [4.69, 9.17) is 0 Å². The summed E-state index contributed by atoms with van der Waals surface area (Å²) < 4.78 is 39.2. The van der Waals surface area contributed by atoms with Crippen LogP contribution in [0.4, 0.5) is 13.2 Å². The van der Waals surface area contributed by atoms with Crippen molar-refractivity contribution in [2.24, 2.45) is 0 Å². The Morgan fingerprint density at radius 1 is 1.25 bits per heavy atom. The highest BCUT2D eigenvalue weighted by Crippen LogP contribution is 2.26. The van der Waals surface area contributed by atoms with Gasteiger partial charge in [-0.2, -0.15) is 11.8 Å². The van der Waals surface area contributed by atoms with Gasteiger partial charge in [0.05, 0.1) is 11.2 Å². The Labute approximate surface area is 118 Å². The zero-order chi connectivity index (χ0) is 14.8. The highest BCUT2D eigenvalue weighted by Gasteiger charge is 2.30. The second-order valence-corrected chi connectivity index (χ2v) is 5.97. The molecule has 1 aliphatic rings. The smallest absolute Gasteiger partial charge is 0.254 e. The summed E-state index contributed by atoms with van der Waals surface area (Å²) in [5.41, 5.74) is -1.59. The molecule has 0 aliphatic carbocycles. The van der Waals surface area contributed by atoms with Crippen LogP contribution < -0.4 is 5.32 Å². The molecule has 1 fully saturated rings. The number of aliphatic hydroxyl groups is 1. The third-order valence-corrected chi connectivity index (χ3v) is 4.27. The molecule has 20 heavy (non-hydrogen) atoms. The first-order chi connectivity index (χ1) is 9.43. The summed E-state index contributed by atoms with van der Waals surface area (Å²) in [6.45, 7) is -0.0369. The largest absolute Gasteiger partial charge is 0.388 e. The maximum absolute atomic E-state index is 13.4. The molecule has 0 saturated carbocycles. The predicted molar refractivity (Wildman–Crippen MR) is 70.2 cm³/mol. The number of halogens is 3. The molecule has 0 aromatic heterocycles. The van der Waals surface area contributed by atoms with Crippen LogP contribution in [0.5, 0.6) is 0 Å². The lowest BCUT2D eigenvalue weighted by Crippen LogP contribution is -2.45. The zero-order valence-corrected chi connectivity index (χ0v) is 11.4. The number of benzene rings is 1. The van der Waals surface area contributed by atoms with Gasteiger partial charge in [0.2, 0.25) is 0 Å². The molecule has 1 aromatic carbocycles. The van der Waals surface area contributed by atoms with Gasteiger partial charge in [-0.05, 0) is 36.5 Å². The van der Waals surface area contributed by atoms with E-state index in [-0.39, 0.29) is 6.54 Å². The Balaban J connectivity index is 2.03. The van der Waals surface area contributed by atoms with Crippen molar-refractivity contribution in [2.75, 3.05) is 18.1 Å². The van der Waals surface area contributed by atoms with Crippen LogP contribution in [-0.4, -0.2) is 34.7 Å². The normalized spacial score (nSPS) is 17.8. The van der Waals surface area contributed by atoms with Crippen molar-refractivity contribution in [2.45, 2.75) is 18.4 Å². The van der Waals surface area contributed by atoms with Crippen molar-refractivity contribution in [3.63, 3.8) is 0 Å². The van der Waals surface area contributed by atoms with Crippen LogP contribution in [0.1, 0.15) is 23.2 Å². The summed E-state index contributed by atoms with van der Waals surface area (Å²) in [7, 11) is 0. The fraction of sp³-hybridized carbons (Fsp3) is 0.462. The summed E-state index contributed by atoms with van der Waals surface area (Å²) in [4.78, 5) is 11.8. The van der Waals surface area contributed by atoms with E-state index in [1.165, 1.54) is 0 Å². The lowest BCUT2D eigenvalue weighted by atomic mass is 9.97. The van der Waals surface area contributed by atoms with Gasteiger partial charge >= 0.3 is 0 Å². The molecule has 3 nitrogen and oxygen atoms in total. The summed E-state index contributed by atoms with van der Waals surface area (Å²) in [6, 6.07) is 1.57. The molecule has 2 rings (SSSR count). The van der Waals surface area contributed by atoms with Gasteiger partial charge in [0.15, 0.2) is 17.5 Å². The van der Waals surface area contributed by atoms with Crippen LogP contribution >= 0.6 is 11.8 Å². The molecule has 7 heteroatoms. The summed E-state index contributed by atoms with van der Waals surface area (Å²) in [5.74, 6) is -3.84. The quantitative estimate of drug-likeness (QED) is 0.841. The van der Waals surface area contributed by atoms with E-state index in [2.05, 4.69) is 5.32 Å². The number of carbonyl (C=O) groups excluding carboxylic acids is 1. The third kappa shape index (κ3) is 3.27. The highest BCUT2D eigenvalue weighted by atomic mass is 32.2. The Hall–Kier alpha value is -1.21. The molecular weight excluding hydrogens is 291 g/mol. The molecule has 110 valence electrons. The third-order valence-electron chi connectivity index (χ3n) is 3.28. The number of rotatable bonds is 3. The first-order valence-electron chi connectivity index (χ1n) is 6.15. The first kappa shape index (κ1) is 15.2. The minimum Gasteiger partial charge on any atom is -0.388 e. The van der Waals surface area contributed by atoms with Crippen LogP contribution in [0.25, 0.3) is 0 Å². The lowest BCUT2D eigenvalue weighted by molar-refractivity contribution is 0.0310. The van der Waals surface area contributed by atoms with Crippen molar-refractivity contribution in [1.29, 1.82) is 0 Å². The summed E-state index contributed by atoms with van der Waals surface area (Å²) >= 11 is 1.71.